The first-order chi connectivity index (χ1) is 14.1. The third-order valence-electron chi connectivity index (χ3n) is 4.83. The summed E-state index contributed by atoms with van der Waals surface area (Å²) >= 11 is 11.8. The number of hydrogen-bond acceptors (Lipinski definition) is 4. The molecular formula is C22H20Cl2N2O3. The van der Waals surface area contributed by atoms with Crippen LogP contribution in [0.5, 0.6) is 5.75 Å². The van der Waals surface area contributed by atoms with Crippen molar-refractivity contribution in [2.75, 3.05) is 31.1 Å². The fourth-order valence-corrected chi connectivity index (χ4v) is 3.48. The van der Waals surface area contributed by atoms with Gasteiger partial charge < -0.3 is 19.0 Å². The lowest BCUT2D eigenvalue weighted by molar-refractivity contribution is 0.0710. The summed E-state index contributed by atoms with van der Waals surface area (Å²) in [5.74, 6) is 1.53. The molecule has 0 atom stereocenters. The lowest BCUT2D eigenvalue weighted by Gasteiger charge is -2.35. The van der Waals surface area contributed by atoms with Crippen LogP contribution in [0.2, 0.25) is 10.0 Å². The van der Waals surface area contributed by atoms with Gasteiger partial charge in [-0.25, -0.2) is 0 Å². The average molecular weight is 431 g/mol. The Kier molecular flexibility index (Phi) is 5.97. The number of halogens is 2. The van der Waals surface area contributed by atoms with Crippen molar-refractivity contribution in [1.29, 1.82) is 0 Å². The van der Waals surface area contributed by atoms with Crippen LogP contribution in [0.15, 0.2) is 65.1 Å². The second-order valence-electron chi connectivity index (χ2n) is 6.76. The summed E-state index contributed by atoms with van der Waals surface area (Å²) in [5, 5.41) is 1.37. The van der Waals surface area contributed by atoms with Crippen molar-refractivity contribution in [3.8, 4) is 5.75 Å². The molecule has 1 aliphatic heterocycles. The van der Waals surface area contributed by atoms with E-state index in [0.29, 0.717) is 35.4 Å². The first-order valence-electron chi connectivity index (χ1n) is 9.35. The molecule has 2 aromatic carbocycles. The van der Waals surface area contributed by atoms with E-state index >= 15 is 0 Å². The third kappa shape index (κ3) is 4.86. The number of amides is 1. The molecule has 1 saturated heterocycles. The van der Waals surface area contributed by atoms with Crippen molar-refractivity contribution in [2.45, 2.75) is 6.61 Å². The number of rotatable bonds is 5. The highest BCUT2D eigenvalue weighted by Gasteiger charge is 2.24. The summed E-state index contributed by atoms with van der Waals surface area (Å²) in [7, 11) is 0. The van der Waals surface area contributed by atoms with Gasteiger partial charge in [-0.15, -0.1) is 0 Å². The minimum Gasteiger partial charge on any atom is -0.486 e. The average Bonchev–Trinajstić information content (AvgIpc) is 3.23. The van der Waals surface area contributed by atoms with E-state index in [2.05, 4.69) is 4.90 Å². The SMILES string of the molecule is O=C(c1ccc(COc2ccc(Cl)cc2)o1)N1CCN(c2ccc(Cl)cc2)CC1. The predicted octanol–water partition coefficient (Wildman–Crippen LogP) is 5.13. The molecule has 0 N–H and O–H groups in total. The Morgan fingerprint density at radius 3 is 2.14 bits per heavy atom. The van der Waals surface area contributed by atoms with Gasteiger partial charge in [0.2, 0.25) is 0 Å². The van der Waals surface area contributed by atoms with E-state index in [0.717, 1.165) is 23.8 Å². The molecular weight excluding hydrogens is 411 g/mol. The Morgan fingerprint density at radius 1 is 0.862 bits per heavy atom. The van der Waals surface area contributed by atoms with E-state index in [9.17, 15) is 4.79 Å². The Bertz CT molecular complexity index is 962. The summed E-state index contributed by atoms with van der Waals surface area (Å²) < 4.78 is 11.4. The first-order valence-corrected chi connectivity index (χ1v) is 10.1. The Balaban J connectivity index is 1.31. The van der Waals surface area contributed by atoms with E-state index in [1.54, 1.807) is 36.4 Å². The number of piperazine rings is 1. The van der Waals surface area contributed by atoms with Gasteiger partial charge in [0.15, 0.2) is 5.76 Å². The molecule has 0 spiro atoms. The summed E-state index contributed by atoms with van der Waals surface area (Å²) in [4.78, 5) is 16.8. The fourth-order valence-electron chi connectivity index (χ4n) is 3.23. The van der Waals surface area contributed by atoms with Crippen molar-refractivity contribution >= 4 is 34.8 Å². The topological polar surface area (TPSA) is 45.9 Å². The van der Waals surface area contributed by atoms with Crippen LogP contribution in [0.4, 0.5) is 5.69 Å². The van der Waals surface area contributed by atoms with Crippen LogP contribution in [0.1, 0.15) is 16.3 Å². The van der Waals surface area contributed by atoms with E-state index in [1.807, 2.05) is 29.2 Å². The van der Waals surface area contributed by atoms with Crippen molar-refractivity contribution in [1.82, 2.24) is 4.90 Å². The van der Waals surface area contributed by atoms with Crippen LogP contribution in [-0.2, 0) is 6.61 Å². The van der Waals surface area contributed by atoms with Crippen LogP contribution in [-0.4, -0.2) is 37.0 Å². The van der Waals surface area contributed by atoms with Crippen LogP contribution >= 0.6 is 23.2 Å². The molecule has 1 amide bonds. The normalized spacial score (nSPS) is 14.1. The molecule has 3 aromatic rings. The summed E-state index contributed by atoms with van der Waals surface area (Å²) in [6, 6.07) is 18.3. The van der Waals surface area contributed by atoms with Gasteiger partial charge in [0, 0.05) is 41.9 Å². The van der Waals surface area contributed by atoms with Gasteiger partial charge in [-0.3, -0.25) is 4.79 Å². The second-order valence-corrected chi connectivity index (χ2v) is 7.64. The lowest BCUT2D eigenvalue weighted by Crippen LogP contribution is -2.48. The van der Waals surface area contributed by atoms with Crippen LogP contribution in [0, 0.1) is 0 Å². The fraction of sp³-hybridized carbons (Fsp3) is 0.227. The molecule has 0 bridgehead atoms. The molecule has 5 nitrogen and oxygen atoms in total. The van der Waals surface area contributed by atoms with Gasteiger partial charge in [0.1, 0.15) is 18.1 Å². The standard InChI is InChI=1S/C22H20Cl2N2O3/c23-16-1-5-18(6-2-16)25-11-13-26(14-12-25)22(27)21-10-9-20(29-21)15-28-19-7-3-17(24)4-8-19/h1-10H,11-15H2. The highest BCUT2D eigenvalue weighted by Crippen LogP contribution is 2.21. The first kappa shape index (κ1) is 19.7. The van der Waals surface area contributed by atoms with E-state index in [-0.39, 0.29) is 12.5 Å². The molecule has 1 aromatic heterocycles. The number of hydrogen-bond donors (Lipinski definition) is 0. The maximum absolute atomic E-state index is 12.8. The quantitative estimate of drug-likeness (QED) is 0.562. The van der Waals surface area contributed by atoms with Crippen LogP contribution in [0.3, 0.4) is 0 Å². The summed E-state index contributed by atoms with van der Waals surface area (Å²) in [6.07, 6.45) is 0. The number of ether oxygens (including phenoxy) is 1. The van der Waals surface area contributed by atoms with Crippen molar-refractivity contribution < 1.29 is 13.9 Å². The largest absolute Gasteiger partial charge is 0.486 e. The van der Waals surface area contributed by atoms with Gasteiger partial charge in [0.05, 0.1) is 0 Å². The van der Waals surface area contributed by atoms with Gasteiger partial charge in [-0.05, 0) is 60.7 Å². The zero-order valence-corrected chi connectivity index (χ0v) is 17.2. The molecule has 0 saturated carbocycles. The number of benzene rings is 2. The van der Waals surface area contributed by atoms with Gasteiger partial charge in [-0.2, -0.15) is 0 Å². The molecule has 7 heteroatoms. The van der Waals surface area contributed by atoms with Crippen LogP contribution in [0.25, 0.3) is 0 Å². The third-order valence-corrected chi connectivity index (χ3v) is 5.33. The number of furan rings is 1. The maximum Gasteiger partial charge on any atom is 0.289 e. The Morgan fingerprint density at radius 2 is 1.48 bits per heavy atom. The van der Waals surface area contributed by atoms with Gasteiger partial charge >= 0.3 is 0 Å². The zero-order valence-electron chi connectivity index (χ0n) is 15.7. The molecule has 1 fully saturated rings. The van der Waals surface area contributed by atoms with E-state index < -0.39 is 0 Å². The number of anilines is 1. The predicted molar refractivity (Wildman–Crippen MR) is 114 cm³/mol. The van der Waals surface area contributed by atoms with E-state index in [4.69, 9.17) is 32.4 Å². The lowest BCUT2D eigenvalue weighted by atomic mass is 10.2. The Labute approximate surface area is 179 Å². The Hall–Kier alpha value is -2.63. The summed E-state index contributed by atoms with van der Waals surface area (Å²) in [6.45, 7) is 3.05. The highest BCUT2D eigenvalue weighted by molar-refractivity contribution is 6.30. The molecule has 0 unspecified atom stereocenters. The molecule has 29 heavy (non-hydrogen) atoms. The minimum absolute atomic E-state index is 0.0986. The van der Waals surface area contributed by atoms with Crippen LogP contribution < -0.4 is 9.64 Å². The monoisotopic (exact) mass is 430 g/mol. The van der Waals surface area contributed by atoms with Crippen molar-refractivity contribution in [3.63, 3.8) is 0 Å². The number of carbonyl (C=O) groups excluding carboxylic acids is 1. The van der Waals surface area contributed by atoms with Gasteiger partial charge in [0.25, 0.3) is 5.91 Å². The smallest absolute Gasteiger partial charge is 0.289 e. The number of nitrogens with zero attached hydrogens (tertiary/aromatic N) is 2. The molecule has 1 aliphatic rings. The molecule has 0 radical (unpaired) electrons. The van der Waals surface area contributed by atoms with Crippen molar-refractivity contribution in [3.05, 3.63) is 82.2 Å². The second kappa shape index (κ2) is 8.80. The molecule has 4 rings (SSSR count). The van der Waals surface area contributed by atoms with E-state index in [1.165, 1.54) is 0 Å². The molecule has 0 aliphatic carbocycles. The molecule has 150 valence electrons. The summed E-state index contributed by atoms with van der Waals surface area (Å²) in [5.41, 5.74) is 1.11. The highest BCUT2D eigenvalue weighted by atomic mass is 35.5. The maximum atomic E-state index is 12.8. The zero-order chi connectivity index (χ0) is 20.2. The minimum atomic E-state index is -0.0986. The molecule has 2 heterocycles. The van der Waals surface area contributed by atoms with Crippen molar-refractivity contribution in [2.24, 2.45) is 0 Å². The number of carbonyl (C=O) groups is 1. The van der Waals surface area contributed by atoms with Gasteiger partial charge in [-0.1, -0.05) is 23.2 Å².